The van der Waals surface area contributed by atoms with Gasteiger partial charge in [0.1, 0.15) is 10.8 Å². The van der Waals surface area contributed by atoms with Crippen LogP contribution < -0.4 is 10.1 Å². The normalized spacial score (nSPS) is 11.1. The van der Waals surface area contributed by atoms with Gasteiger partial charge in [0, 0.05) is 17.4 Å². The van der Waals surface area contributed by atoms with Gasteiger partial charge in [-0.05, 0) is 38.0 Å². The minimum Gasteiger partial charge on any atom is -0.497 e. The fraction of sp³-hybridized carbons (Fsp3) is 0.368. The average Bonchev–Trinajstić information content (AvgIpc) is 3.09. The molecule has 1 N–H and O–H groups in total. The first-order valence-corrected chi connectivity index (χ1v) is 9.47. The van der Waals surface area contributed by atoms with E-state index in [1.54, 1.807) is 7.11 Å². The predicted molar refractivity (Wildman–Crippen MR) is 104 cm³/mol. The highest BCUT2D eigenvalue weighted by atomic mass is 32.1. The molecule has 0 unspecified atom stereocenters. The van der Waals surface area contributed by atoms with Crippen molar-refractivity contribution in [3.05, 3.63) is 40.5 Å². The van der Waals surface area contributed by atoms with Crippen LogP contribution in [-0.2, 0) is 0 Å². The van der Waals surface area contributed by atoms with Crippen LogP contribution >= 0.6 is 11.3 Å². The quantitative estimate of drug-likeness (QED) is 0.688. The van der Waals surface area contributed by atoms with Crippen LogP contribution in [0.2, 0.25) is 0 Å². The molecule has 0 fully saturated rings. The Morgan fingerprint density at radius 2 is 2.00 bits per heavy atom. The molecule has 0 bridgehead atoms. The summed E-state index contributed by atoms with van der Waals surface area (Å²) in [7, 11) is 1.62. The Kier molecular flexibility index (Phi) is 5.46. The van der Waals surface area contributed by atoms with Crippen molar-refractivity contribution in [3.8, 4) is 5.75 Å². The zero-order valence-electron chi connectivity index (χ0n) is 15.4. The Morgan fingerprint density at radius 1 is 1.23 bits per heavy atom. The van der Waals surface area contributed by atoms with Gasteiger partial charge in [-0.1, -0.05) is 25.2 Å². The third kappa shape index (κ3) is 3.67. The largest absolute Gasteiger partial charge is 0.497 e. The Hall–Kier alpha value is -2.54. The monoisotopic (exact) mass is 370 g/mol. The van der Waals surface area contributed by atoms with Gasteiger partial charge in [-0.25, -0.2) is 0 Å². The molecular formula is C19H22N4O2S. The fourth-order valence-corrected chi connectivity index (χ4v) is 3.86. The van der Waals surface area contributed by atoms with Crippen LogP contribution in [0.3, 0.4) is 0 Å². The highest BCUT2D eigenvalue weighted by Crippen LogP contribution is 2.28. The van der Waals surface area contributed by atoms with Gasteiger partial charge < -0.3 is 4.74 Å². The summed E-state index contributed by atoms with van der Waals surface area (Å²) in [6.45, 7) is 6.09. The highest BCUT2D eigenvalue weighted by molar-refractivity contribution is 7.15. The molecule has 0 aliphatic carbocycles. The van der Waals surface area contributed by atoms with Gasteiger partial charge in [-0.2, -0.15) is 0 Å². The van der Waals surface area contributed by atoms with Gasteiger partial charge in [0.15, 0.2) is 0 Å². The van der Waals surface area contributed by atoms with Crippen LogP contribution in [0.4, 0.5) is 5.13 Å². The second kappa shape index (κ2) is 7.78. The smallest absolute Gasteiger partial charge is 0.259 e. The molecule has 0 saturated heterocycles. The lowest BCUT2D eigenvalue weighted by atomic mass is 10.1. The number of anilines is 1. The number of nitrogens with one attached hydrogen (secondary N) is 1. The Labute approximate surface area is 156 Å². The van der Waals surface area contributed by atoms with Gasteiger partial charge in [-0.15, -0.1) is 10.2 Å². The van der Waals surface area contributed by atoms with Crippen molar-refractivity contribution in [1.82, 2.24) is 15.2 Å². The summed E-state index contributed by atoms with van der Waals surface area (Å²) >= 11 is 1.44. The van der Waals surface area contributed by atoms with Crippen molar-refractivity contribution in [2.45, 2.75) is 39.5 Å². The number of aryl methyl sites for hydroxylation is 1. The first kappa shape index (κ1) is 18.3. The number of carbonyl (C=O) groups is 1. The van der Waals surface area contributed by atoms with Crippen molar-refractivity contribution < 1.29 is 9.53 Å². The van der Waals surface area contributed by atoms with E-state index in [1.165, 1.54) is 11.3 Å². The molecule has 0 aliphatic rings. The van der Waals surface area contributed by atoms with Crippen molar-refractivity contribution in [1.29, 1.82) is 0 Å². The second-order valence-electron chi connectivity index (χ2n) is 6.09. The number of methoxy groups -OCH3 is 1. The lowest BCUT2D eigenvalue weighted by Crippen LogP contribution is -2.14. The van der Waals surface area contributed by atoms with E-state index in [9.17, 15) is 4.79 Å². The number of amides is 1. The minimum atomic E-state index is -0.222. The number of hydrogen-bond donors (Lipinski definition) is 1. The van der Waals surface area contributed by atoms with Gasteiger partial charge in [-0.3, -0.25) is 15.1 Å². The number of ether oxygens (including phenoxy) is 1. The molecule has 6 nitrogen and oxygen atoms in total. The summed E-state index contributed by atoms with van der Waals surface area (Å²) in [5, 5.41) is 13.6. The van der Waals surface area contributed by atoms with Crippen molar-refractivity contribution in [2.24, 2.45) is 0 Å². The number of carbonyl (C=O) groups excluding carboxylic acids is 1. The Balaban J connectivity index is 1.84. The SMILES string of the molecule is CCC(CC)c1nnc(NC(=O)c2cc3ccc(OC)cc3nc2C)s1. The van der Waals surface area contributed by atoms with Gasteiger partial charge in [0.25, 0.3) is 5.91 Å². The molecule has 0 radical (unpaired) electrons. The summed E-state index contributed by atoms with van der Waals surface area (Å²) < 4.78 is 5.23. The van der Waals surface area contributed by atoms with Gasteiger partial charge in [0.2, 0.25) is 5.13 Å². The summed E-state index contributed by atoms with van der Waals surface area (Å²) in [4.78, 5) is 17.2. The molecule has 0 spiro atoms. The molecule has 3 rings (SSSR count). The van der Waals surface area contributed by atoms with E-state index in [1.807, 2.05) is 31.2 Å². The van der Waals surface area contributed by atoms with E-state index < -0.39 is 0 Å². The third-order valence-corrected chi connectivity index (χ3v) is 5.46. The summed E-state index contributed by atoms with van der Waals surface area (Å²) in [5.74, 6) is 0.904. The standard InChI is InChI=1S/C19H22N4O2S/c1-5-12(6-2)18-22-23-19(26-18)21-17(24)15-9-13-7-8-14(25-4)10-16(13)20-11(15)3/h7-10,12H,5-6H2,1-4H3,(H,21,23,24). The first-order chi connectivity index (χ1) is 12.5. The maximum atomic E-state index is 12.7. The van der Waals surface area contributed by atoms with E-state index in [2.05, 4.69) is 34.3 Å². The average molecular weight is 370 g/mol. The molecule has 2 heterocycles. The zero-order chi connectivity index (χ0) is 18.7. The van der Waals surface area contributed by atoms with Crippen LogP contribution in [0.1, 0.15) is 53.7 Å². The third-order valence-electron chi connectivity index (χ3n) is 4.46. The molecule has 3 aromatic rings. The molecule has 0 atom stereocenters. The van der Waals surface area contributed by atoms with Crippen LogP contribution in [0.5, 0.6) is 5.75 Å². The lowest BCUT2D eigenvalue weighted by Gasteiger charge is -2.08. The number of pyridine rings is 1. The van der Waals surface area contributed by atoms with E-state index in [4.69, 9.17) is 4.74 Å². The number of benzene rings is 1. The van der Waals surface area contributed by atoms with Gasteiger partial charge in [0.05, 0.1) is 23.9 Å². The second-order valence-corrected chi connectivity index (χ2v) is 7.10. The number of aromatic nitrogens is 3. The van der Waals surface area contributed by atoms with Crippen molar-refractivity contribution >= 4 is 33.3 Å². The van der Waals surface area contributed by atoms with Gasteiger partial charge >= 0.3 is 0 Å². The highest BCUT2D eigenvalue weighted by Gasteiger charge is 2.17. The lowest BCUT2D eigenvalue weighted by molar-refractivity contribution is 0.102. The molecule has 0 saturated carbocycles. The molecule has 1 amide bonds. The van der Waals surface area contributed by atoms with Crippen molar-refractivity contribution in [2.75, 3.05) is 12.4 Å². The van der Waals surface area contributed by atoms with Crippen LogP contribution in [0.15, 0.2) is 24.3 Å². The Morgan fingerprint density at radius 3 is 2.69 bits per heavy atom. The van der Waals surface area contributed by atoms with Crippen molar-refractivity contribution in [3.63, 3.8) is 0 Å². The Bertz CT molecular complexity index is 934. The van der Waals surface area contributed by atoms with Crippen LogP contribution in [0, 0.1) is 6.92 Å². The molecule has 136 valence electrons. The maximum Gasteiger partial charge on any atom is 0.259 e. The topological polar surface area (TPSA) is 77.0 Å². The summed E-state index contributed by atoms with van der Waals surface area (Å²) in [5.41, 5.74) is 1.99. The first-order valence-electron chi connectivity index (χ1n) is 8.65. The molecular weight excluding hydrogens is 348 g/mol. The molecule has 0 aliphatic heterocycles. The number of fused-ring (bicyclic) bond motifs is 1. The predicted octanol–water partition coefficient (Wildman–Crippen LogP) is 4.56. The molecule has 1 aromatic carbocycles. The van der Waals surface area contributed by atoms with Crippen LogP contribution in [0.25, 0.3) is 10.9 Å². The number of hydrogen-bond acceptors (Lipinski definition) is 6. The minimum absolute atomic E-state index is 0.222. The van der Waals surface area contributed by atoms with E-state index in [-0.39, 0.29) is 5.91 Å². The van der Waals surface area contributed by atoms with E-state index in [0.29, 0.717) is 22.3 Å². The van der Waals surface area contributed by atoms with Crippen LogP contribution in [-0.4, -0.2) is 28.2 Å². The maximum absolute atomic E-state index is 12.7. The summed E-state index contributed by atoms with van der Waals surface area (Å²) in [6.07, 6.45) is 2.02. The fourth-order valence-electron chi connectivity index (χ4n) is 2.85. The van der Waals surface area contributed by atoms with E-state index >= 15 is 0 Å². The number of rotatable bonds is 6. The zero-order valence-corrected chi connectivity index (χ0v) is 16.2. The van der Waals surface area contributed by atoms with E-state index in [0.717, 1.165) is 34.5 Å². The molecule has 2 aromatic heterocycles. The summed E-state index contributed by atoms with van der Waals surface area (Å²) in [6, 6.07) is 7.45. The molecule has 26 heavy (non-hydrogen) atoms. The number of nitrogens with zero attached hydrogens (tertiary/aromatic N) is 3. The molecule has 7 heteroatoms.